The fourth-order valence-corrected chi connectivity index (χ4v) is 2.47. The highest BCUT2D eigenvalue weighted by atomic mass is 32.1. The van der Waals surface area contributed by atoms with Crippen molar-refractivity contribution in [2.24, 2.45) is 0 Å². The summed E-state index contributed by atoms with van der Waals surface area (Å²) in [4.78, 5) is 13.3. The molecule has 0 aliphatic heterocycles. The average molecular weight is 285 g/mol. The molecule has 0 saturated heterocycles. The summed E-state index contributed by atoms with van der Waals surface area (Å²) < 4.78 is 0. The third kappa shape index (κ3) is 3.47. The van der Waals surface area contributed by atoms with Crippen molar-refractivity contribution < 1.29 is 9.90 Å². The Morgan fingerprint density at radius 3 is 2.90 bits per heavy atom. The molecule has 1 aromatic heterocycles. The van der Waals surface area contributed by atoms with Gasteiger partial charge in [-0.1, -0.05) is 24.0 Å². The van der Waals surface area contributed by atoms with Gasteiger partial charge in [0.15, 0.2) is 0 Å². The normalized spacial score (nSPS) is 9.70. The van der Waals surface area contributed by atoms with Gasteiger partial charge in [0, 0.05) is 16.0 Å². The van der Waals surface area contributed by atoms with Gasteiger partial charge in [0.2, 0.25) is 0 Å². The summed E-state index contributed by atoms with van der Waals surface area (Å²) in [6, 6.07) is 9.37. The molecule has 2 aromatic rings. The fourth-order valence-electron chi connectivity index (χ4n) is 1.83. The molecular weight excluding hydrogens is 270 g/mol. The smallest absolute Gasteiger partial charge is 0.251 e. The number of hydrogen-bond donors (Lipinski definition) is 2. The van der Waals surface area contributed by atoms with Crippen LogP contribution in [0.3, 0.4) is 0 Å². The van der Waals surface area contributed by atoms with Crippen molar-refractivity contribution >= 4 is 17.2 Å². The number of hydrogen-bond acceptors (Lipinski definition) is 3. The molecule has 0 aliphatic carbocycles. The van der Waals surface area contributed by atoms with Gasteiger partial charge in [-0.2, -0.15) is 0 Å². The molecule has 1 aromatic carbocycles. The van der Waals surface area contributed by atoms with E-state index in [1.807, 2.05) is 30.5 Å². The number of rotatable bonds is 3. The molecule has 20 heavy (non-hydrogen) atoms. The summed E-state index contributed by atoms with van der Waals surface area (Å²) in [6.07, 6.45) is 0. The maximum absolute atomic E-state index is 12.2. The molecule has 0 radical (unpaired) electrons. The Morgan fingerprint density at radius 2 is 2.20 bits per heavy atom. The first-order valence-corrected chi connectivity index (χ1v) is 7.10. The summed E-state index contributed by atoms with van der Waals surface area (Å²) in [5, 5.41) is 13.6. The molecule has 0 aliphatic rings. The van der Waals surface area contributed by atoms with Crippen molar-refractivity contribution in [3.05, 3.63) is 57.3 Å². The van der Waals surface area contributed by atoms with Gasteiger partial charge in [-0.25, -0.2) is 0 Å². The highest BCUT2D eigenvalue weighted by Crippen LogP contribution is 2.14. The molecule has 0 atom stereocenters. The zero-order valence-corrected chi connectivity index (χ0v) is 12.0. The average Bonchev–Trinajstić information content (AvgIpc) is 2.97. The number of amides is 1. The van der Waals surface area contributed by atoms with Crippen molar-refractivity contribution in [1.82, 2.24) is 5.32 Å². The third-order valence-corrected chi connectivity index (χ3v) is 3.76. The maximum Gasteiger partial charge on any atom is 0.251 e. The number of aliphatic hydroxyl groups is 1. The van der Waals surface area contributed by atoms with Crippen molar-refractivity contribution in [1.29, 1.82) is 0 Å². The van der Waals surface area contributed by atoms with Gasteiger partial charge in [-0.15, -0.1) is 11.3 Å². The zero-order chi connectivity index (χ0) is 14.4. The highest BCUT2D eigenvalue weighted by molar-refractivity contribution is 7.09. The minimum Gasteiger partial charge on any atom is -0.384 e. The SMILES string of the molecule is Cc1c(C#CCO)cccc1C(=O)NCc1cccs1. The minimum absolute atomic E-state index is 0.108. The van der Waals surface area contributed by atoms with Crippen molar-refractivity contribution in [2.75, 3.05) is 6.61 Å². The number of aliphatic hydroxyl groups excluding tert-OH is 1. The molecule has 102 valence electrons. The molecule has 1 heterocycles. The van der Waals surface area contributed by atoms with Gasteiger partial charge in [-0.05, 0) is 36.1 Å². The van der Waals surface area contributed by atoms with Crippen LogP contribution >= 0.6 is 11.3 Å². The third-order valence-electron chi connectivity index (χ3n) is 2.88. The first-order valence-electron chi connectivity index (χ1n) is 6.22. The zero-order valence-electron chi connectivity index (χ0n) is 11.1. The Morgan fingerprint density at radius 1 is 1.35 bits per heavy atom. The predicted molar refractivity (Wildman–Crippen MR) is 80.6 cm³/mol. The van der Waals surface area contributed by atoms with E-state index in [1.54, 1.807) is 23.5 Å². The van der Waals surface area contributed by atoms with E-state index in [4.69, 9.17) is 5.11 Å². The summed E-state index contributed by atoms with van der Waals surface area (Å²) >= 11 is 1.61. The minimum atomic E-state index is -0.186. The van der Waals surface area contributed by atoms with Crippen LogP contribution < -0.4 is 5.32 Å². The lowest BCUT2D eigenvalue weighted by Crippen LogP contribution is -2.23. The first kappa shape index (κ1) is 14.3. The van der Waals surface area contributed by atoms with Gasteiger partial charge in [0.1, 0.15) is 6.61 Å². The molecule has 0 spiro atoms. The summed E-state index contributed by atoms with van der Waals surface area (Å²) in [5.74, 6) is 5.34. The van der Waals surface area contributed by atoms with Crippen LogP contribution in [0.4, 0.5) is 0 Å². The van der Waals surface area contributed by atoms with Crippen LogP contribution in [0.15, 0.2) is 35.7 Å². The molecule has 4 heteroatoms. The van der Waals surface area contributed by atoms with Gasteiger partial charge in [-0.3, -0.25) is 4.79 Å². The Kier molecular flexibility index (Phi) is 4.94. The van der Waals surface area contributed by atoms with E-state index in [9.17, 15) is 4.79 Å². The Bertz CT molecular complexity index is 651. The highest BCUT2D eigenvalue weighted by Gasteiger charge is 2.10. The topological polar surface area (TPSA) is 49.3 Å². The molecule has 0 fully saturated rings. The van der Waals surface area contributed by atoms with Crippen LogP contribution in [0, 0.1) is 18.8 Å². The number of carbonyl (C=O) groups is 1. The summed E-state index contributed by atoms with van der Waals surface area (Å²) in [6.45, 7) is 2.21. The van der Waals surface area contributed by atoms with Crippen molar-refractivity contribution in [2.45, 2.75) is 13.5 Å². The maximum atomic E-state index is 12.2. The molecule has 0 saturated carbocycles. The quantitative estimate of drug-likeness (QED) is 0.850. The number of nitrogens with one attached hydrogen (secondary N) is 1. The van der Waals surface area contributed by atoms with E-state index in [1.165, 1.54) is 0 Å². The second kappa shape index (κ2) is 6.90. The Labute approximate surface area is 122 Å². The van der Waals surface area contributed by atoms with Gasteiger partial charge in [0.05, 0.1) is 6.54 Å². The summed E-state index contributed by atoms with van der Waals surface area (Å²) in [5.41, 5.74) is 2.21. The molecular formula is C16H15NO2S. The number of carbonyl (C=O) groups excluding carboxylic acids is 1. The monoisotopic (exact) mass is 285 g/mol. The Balaban J connectivity index is 2.13. The standard InChI is InChI=1S/C16H15NO2S/c1-12-13(6-3-9-18)5-2-8-15(12)16(19)17-11-14-7-4-10-20-14/h2,4-5,7-8,10,18H,9,11H2,1H3,(H,17,19). The van der Waals surface area contributed by atoms with E-state index < -0.39 is 0 Å². The van der Waals surface area contributed by atoms with Crippen LogP contribution in [-0.2, 0) is 6.54 Å². The Hall–Kier alpha value is -2.09. The predicted octanol–water partition coefficient (Wildman–Crippen LogP) is 2.33. The van der Waals surface area contributed by atoms with Crippen molar-refractivity contribution in [3.8, 4) is 11.8 Å². The lowest BCUT2D eigenvalue weighted by atomic mass is 10.0. The molecule has 3 nitrogen and oxygen atoms in total. The fraction of sp³-hybridized carbons (Fsp3) is 0.188. The second-order valence-corrected chi connectivity index (χ2v) is 5.23. The molecule has 2 N–H and O–H groups in total. The molecule has 1 amide bonds. The molecule has 0 bridgehead atoms. The van der Waals surface area contributed by atoms with Crippen LogP contribution in [0.2, 0.25) is 0 Å². The largest absolute Gasteiger partial charge is 0.384 e. The van der Waals surface area contributed by atoms with E-state index in [0.717, 1.165) is 16.0 Å². The number of benzene rings is 1. The van der Waals surface area contributed by atoms with Gasteiger partial charge >= 0.3 is 0 Å². The van der Waals surface area contributed by atoms with Gasteiger partial charge < -0.3 is 10.4 Å². The first-order chi connectivity index (χ1) is 9.72. The van der Waals surface area contributed by atoms with E-state index in [2.05, 4.69) is 17.2 Å². The van der Waals surface area contributed by atoms with Crippen LogP contribution in [0.25, 0.3) is 0 Å². The lowest BCUT2D eigenvalue weighted by molar-refractivity contribution is 0.0950. The summed E-state index contributed by atoms with van der Waals surface area (Å²) in [7, 11) is 0. The van der Waals surface area contributed by atoms with E-state index >= 15 is 0 Å². The van der Waals surface area contributed by atoms with Crippen molar-refractivity contribution in [3.63, 3.8) is 0 Å². The van der Waals surface area contributed by atoms with Crippen LogP contribution in [0.5, 0.6) is 0 Å². The van der Waals surface area contributed by atoms with Crippen LogP contribution in [0.1, 0.15) is 26.4 Å². The van der Waals surface area contributed by atoms with Gasteiger partial charge in [0.25, 0.3) is 5.91 Å². The second-order valence-electron chi connectivity index (χ2n) is 4.20. The molecule has 0 unspecified atom stereocenters. The lowest BCUT2D eigenvalue weighted by Gasteiger charge is -2.08. The van der Waals surface area contributed by atoms with E-state index in [-0.39, 0.29) is 12.5 Å². The number of thiophene rings is 1. The van der Waals surface area contributed by atoms with Crippen LogP contribution in [-0.4, -0.2) is 17.6 Å². The molecule has 2 rings (SSSR count). The van der Waals surface area contributed by atoms with E-state index in [0.29, 0.717) is 12.1 Å².